The number of hydrogen-bond donors (Lipinski definition) is 0. The van der Waals surface area contributed by atoms with Gasteiger partial charge in [0, 0.05) is 25.0 Å². The van der Waals surface area contributed by atoms with Gasteiger partial charge in [-0.3, -0.25) is 22.9 Å². The molecular formula is C22H27N5O3. The molecule has 0 N–H and O–H groups in total. The molecule has 30 heavy (non-hydrogen) atoms. The molecule has 3 heterocycles. The van der Waals surface area contributed by atoms with Crippen molar-refractivity contribution >= 4 is 16.9 Å². The third-order valence-electron chi connectivity index (χ3n) is 5.53. The molecule has 158 valence electrons. The van der Waals surface area contributed by atoms with Gasteiger partial charge in [0.15, 0.2) is 11.2 Å². The van der Waals surface area contributed by atoms with E-state index in [0.29, 0.717) is 36.5 Å². The highest BCUT2D eigenvalue weighted by molar-refractivity contribution is 5.77. The topological polar surface area (TPSA) is 75.5 Å². The van der Waals surface area contributed by atoms with Crippen LogP contribution in [0.2, 0.25) is 0 Å². The Bertz CT molecular complexity index is 1370. The zero-order chi connectivity index (χ0) is 21.6. The van der Waals surface area contributed by atoms with Gasteiger partial charge < -0.3 is 4.74 Å². The van der Waals surface area contributed by atoms with Gasteiger partial charge in [-0.1, -0.05) is 26.0 Å². The lowest BCUT2D eigenvalue weighted by atomic mass is 10.2. The highest BCUT2D eigenvalue weighted by Crippen LogP contribution is 2.30. The molecule has 0 saturated carbocycles. The van der Waals surface area contributed by atoms with Crippen molar-refractivity contribution in [2.24, 2.45) is 7.05 Å². The zero-order valence-electron chi connectivity index (χ0n) is 18.1. The second kappa shape index (κ2) is 7.51. The van der Waals surface area contributed by atoms with Crippen molar-refractivity contribution in [1.29, 1.82) is 0 Å². The van der Waals surface area contributed by atoms with Crippen LogP contribution < -0.4 is 16.0 Å². The summed E-state index contributed by atoms with van der Waals surface area (Å²) in [6, 6.07) is 7.80. The van der Waals surface area contributed by atoms with Gasteiger partial charge in [0.25, 0.3) is 5.56 Å². The van der Waals surface area contributed by atoms with Gasteiger partial charge in [0.2, 0.25) is 5.78 Å². The van der Waals surface area contributed by atoms with E-state index in [1.54, 1.807) is 7.05 Å². The zero-order valence-corrected chi connectivity index (χ0v) is 18.1. The average molecular weight is 409 g/mol. The first-order valence-electron chi connectivity index (χ1n) is 10.3. The normalized spacial score (nSPS) is 11.6. The summed E-state index contributed by atoms with van der Waals surface area (Å²) in [6.45, 7) is 8.96. The summed E-state index contributed by atoms with van der Waals surface area (Å²) >= 11 is 0. The molecular weight excluding hydrogens is 382 g/mol. The van der Waals surface area contributed by atoms with E-state index in [-0.39, 0.29) is 11.2 Å². The predicted octanol–water partition coefficient (Wildman–Crippen LogP) is 2.95. The highest BCUT2D eigenvalue weighted by Gasteiger charge is 2.24. The second-order valence-electron chi connectivity index (χ2n) is 7.54. The number of hydrogen-bond acceptors (Lipinski definition) is 4. The lowest BCUT2D eigenvalue weighted by Crippen LogP contribution is -2.39. The quantitative estimate of drug-likeness (QED) is 0.491. The summed E-state index contributed by atoms with van der Waals surface area (Å²) in [5.41, 5.74) is 2.87. The summed E-state index contributed by atoms with van der Waals surface area (Å²) in [4.78, 5) is 30.7. The van der Waals surface area contributed by atoms with Crippen LogP contribution >= 0.6 is 0 Å². The molecule has 0 aliphatic heterocycles. The fourth-order valence-electron chi connectivity index (χ4n) is 3.94. The van der Waals surface area contributed by atoms with Crippen LogP contribution in [0.1, 0.15) is 38.1 Å². The van der Waals surface area contributed by atoms with E-state index in [1.807, 2.05) is 54.0 Å². The van der Waals surface area contributed by atoms with Crippen LogP contribution in [0, 0.1) is 13.8 Å². The van der Waals surface area contributed by atoms with Gasteiger partial charge >= 0.3 is 5.69 Å². The minimum Gasteiger partial charge on any atom is -0.491 e. The molecule has 0 aliphatic carbocycles. The molecule has 1 aromatic carbocycles. The number of imidazole rings is 2. The SMILES string of the molecule is CCCOc1ccccc1-n1c(C)c(C)n2c3c(=O)n(CCC)c(=O)n(C)c3nc12. The van der Waals surface area contributed by atoms with Crippen LogP contribution in [0.15, 0.2) is 33.9 Å². The Hall–Kier alpha value is -3.29. The van der Waals surface area contributed by atoms with Gasteiger partial charge in [-0.25, -0.2) is 4.79 Å². The Labute approximate surface area is 174 Å². The minimum atomic E-state index is -0.345. The van der Waals surface area contributed by atoms with Gasteiger partial charge in [0.05, 0.1) is 12.3 Å². The summed E-state index contributed by atoms with van der Waals surface area (Å²) in [5, 5.41) is 0. The van der Waals surface area contributed by atoms with Crippen molar-refractivity contribution in [3.8, 4) is 11.4 Å². The van der Waals surface area contributed by atoms with E-state index in [9.17, 15) is 9.59 Å². The van der Waals surface area contributed by atoms with E-state index in [2.05, 4.69) is 6.92 Å². The standard InChI is InChI=1S/C22H27N5O3/c1-6-12-25-20(28)18-19(24(5)22(25)29)23-21-26(14(3)15(4)27(18)21)16-10-8-9-11-17(16)30-13-7-2/h8-11H,6-7,12-13H2,1-5H3. The van der Waals surface area contributed by atoms with Crippen LogP contribution in [0.3, 0.4) is 0 Å². The largest absolute Gasteiger partial charge is 0.491 e. The molecule has 0 bridgehead atoms. The van der Waals surface area contributed by atoms with Crippen LogP contribution in [0.5, 0.6) is 5.75 Å². The molecule has 0 saturated heterocycles. The molecule has 3 aromatic heterocycles. The van der Waals surface area contributed by atoms with E-state index in [0.717, 1.165) is 29.2 Å². The molecule has 4 aromatic rings. The Morgan fingerprint density at radius 2 is 1.77 bits per heavy atom. The van der Waals surface area contributed by atoms with Crippen molar-refractivity contribution in [3.05, 3.63) is 56.5 Å². The minimum absolute atomic E-state index is 0.307. The van der Waals surface area contributed by atoms with Gasteiger partial charge in [-0.05, 0) is 38.8 Å². The summed E-state index contributed by atoms with van der Waals surface area (Å²) < 4.78 is 12.6. The second-order valence-corrected chi connectivity index (χ2v) is 7.54. The molecule has 8 nitrogen and oxygen atoms in total. The summed E-state index contributed by atoms with van der Waals surface area (Å²) in [7, 11) is 1.66. The van der Waals surface area contributed by atoms with Gasteiger partial charge in [0.1, 0.15) is 5.75 Å². The molecule has 0 fully saturated rings. The molecule has 0 atom stereocenters. The van der Waals surface area contributed by atoms with Crippen LogP contribution in [-0.2, 0) is 13.6 Å². The van der Waals surface area contributed by atoms with E-state index < -0.39 is 0 Å². The predicted molar refractivity (Wildman–Crippen MR) is 117 cm³/mol. The number of aryl methyl sites for hydroxylation is 2. The third kappa shape index (κ3) is 2.78. The molecule has 8 heteroatoms. The van der Waals surface area contributed by atoms with Gasteiger partial charge in [-0.15, -0.1) is 0 Å². The lowest BCUT2D eigenvalue weighted by Gasteiger charge is -2.13. The molecule has 0 spiro atoms. The highest BCUT2D eigenvalue weighted by atomic mass is 16.5. The van der Waals surface area contributed by atoms with E-state index in [4.69, 9.17) is 9.72 Å². The first-order valence-corrected chi connectivity index (χ1v) is 10.3. The maximum Gasteiger partial charge on any atom is 0.332 e. The van der Waals surface area contributed by atoms with Crippen LogP contribution in [-0.4, -0.2) is 29.7 Å². The maximum atomic E-state index is 13.2. The number of ether oxygens (including phenoxy) is 1. The van der Waals surface area contributed by atoms with Gasteiger partial charge in [-0.2, -0.15) is 4.98 Å². The first kappa shape index (κ1) is 20.0. The molecule has 0 radical (unpaired) electrons. The number of nitrogens with zero attached hydrogens (tertiary/aromatic N) is 5. The molecule has 0 unspecified atom stereocenters. The molecule has 4 rings (SSSR count). The lowest BCUT2D eigenvalue weighted by molar-refractivity contribution is 0.316. The average Bonchev–Trinajstić information content (AvgIpc) is 3.24. The number of para-hydroxylation sites is 2. The smallest absolute Gasteiger partial charge is 0.332 e. The molecule has 0 aliphatic rings. The number of rotatable bonds is 6. The Morgan fingerprint density at radius 3 is 2.47 bits per heavy atom. The van der Waals surface area contributed by atoms with E-state index >= 15 is 0 Å². The van der Waals surface area contributed by atoms with E-state index in [1.165, 1.54) is 9.13 Å². The number of benzene rings is 1. The Balaban J connectivity index is 2.12. The number of aromatic nitrogens is 5. The fourth-order valence-corrected chi connectivity index (χ4v) is 3.94. The summed E-state index contributed by atoms with van der Waals surface area (Å²) in [6.07, 6.45) is 1.60. The third-order valence-corrected chi connectivity index (χ3v) is 5.53. The Kier molecular flexibility index (Phi) is 5.01. The first-order chi connectivity index (χ1) is 14.4. The van der Waals surface area contributed by atoms with Crippen molar-refractivity contribution in [2.45, 2.75) is 47.1 Å². The fraction of sp³-hybridized carbons (Fsp3) is 0.409. The monoisotopic (exact) mass is 409 g/mol. The van der Waals surface area contributed by atoms with Crippen molar-refractivity contribution in [2.75, 3.05) is 6.61 Å². The van der Waals surface area contributed by atoms with Crippen LogP contribution in [0.4, 0.5) is 0 Å². The summed E-state index contributed by atoms with van der Waals surface area (Å²) in [5.74, 6) is 1.35. The van der Waals surface area contributed by atoms with Crippen LogP contribution in [0.25, 0.3) is 22.6 Å². The van der Waals surface area contributed by atoms with Crippen molar-refractivity contribution in [3.63, 3.8) is 0 Å². The van der Waals surface area contributed by atoms with Crippen molar-refractivity contribution < 1.29 is 4.74 Å². The maximum absolute atomic E-state index is 13.2. The number of fused-ring (bicyclic) bond motifs is 3. The van der Waals surface area contributed by atoms with Crippen molar-refractivity contribution in [1.82, 2.24) is 23.1 Å². The Morgan fingerprint density at radius 1 is 1.03 bits per heavy atom. The molecule has 0 amide bonds.